The van der Waals surface area contributed by atoms with Gasteiger partial charge >= 0.3 is 6.03 Å². The molecule has 0 aliphatic carbocycles. The molecule has 2 saturated heterocycles. The number of rotatable bonds is 2. The van der Waals surface area contributed by atoms with Crippen LogP contribution in [0.1, 0.15) is 11.1 Å². The molecule has 0 aromatic heterocycles. The number of anilines is 1. The largest absolute Gasteiger partial charge is 0.368 e. The number of carbonyl (C=O) groups is 2. The summed E-state index contributed by atoms with van der Waals surface area (Å²) in [4.78, 5) is 27.4. The first-order valence-corrected chi connectivity index (χ1v) is 9.09. The summed E-state index contributed by atoms with van der Waals surface area (Å²) >= 11 is 0. The van der Waals surface area contributed by atoms with E-state index >= 15 is 0 Å². The number of nitrogens with one attached hydrogen (secondary N) is 2. The zero-order chi connectivity index (χ0) is 18.1. The highest BCUT2D eigenvalue weighted by Gasteiger charge is 2.38. The molecule has 1 atom stereocenters. The van der Waals surface area contributed by atoms with Gasteiger partial charge in [0, 0.05) is 31.9 Å². The van der Waals surface area contributed by atoms with Crippen LogP contribution in [0.25, 0.3) is 0 Å². The summed E-state index contributed by atoms with van der Waals surface area (Å²) in [6, 6.07) is 4.44. The minimum Gasteiger partial charge on any atom is -0.368 e. The lowest BCUT2D eigenvalue weighted by Crippen LogP contribution is -2.55. The van der Waals surface area contributed by atoms with E-state index in [4.69, 9.17) is 0 Å². The van der Waals surface area contributed by atoms with Gasteiger partial charge in [0.15, 0.2) is 11.0 Å². The minimum absolute atomic E-state index is 0.313. The van der Waals surface area contributed by atoms with Gasteiger partial charge < -0.3 is 15.1 Å². The highest BCUT2D eigenvalue weighted by molar-refractivity contribution is 7.73. The zero-order valence-corrected chi connectivity index (χ0v) is 14.9. The molecule has 25 heavy (non-hydrogen) atoms. The summed E-state index contributed by atoms with van der Waals surface area (Å²) in [6.45, 7) is 6.34. The number of aryl methyl sites for hydroxylation is 2. The average Bonchev–Trinajstić information content (AvgIpc) is 2.99. The van der Waals surface area contributed by atoms with Gasteiger partial charge in [-0.2, -0.15) is 8.42 Å². The fraction of sp³-hybridized carbons (Fsp3) is 0.438. The smallest absolute Gasteiger partial charge is 0.320 e. The van der Waals surface area contributed by atoms with E-state index in [9.17, 15) is 18.0 Å². The van der Waals surface area contributed by atoms with Crippen molar-refractivity contribution in [2.24, 2.45) is 0 Å². The molecule has 3 rings (SSSR count). The van der Waals surface area contributed by atoms with Gasteiger partial charge in [-0.25, -0.2) is 4.79 Å². The molecule has 2 N–H and O–H groups in total. The van der Waals surface area contributed by atoms with E-state index in [0.717, 1.165) is 5.69 Å². The van der Waals surface area contributed by atoms with Gasteiger partial charge in [0.2, 0.25) is 10.3 Å². The fourth-order valence-corrected chi connectivity index (χ4v) is 3.67. The molecule has 0 spiro atoms. The van der Waals surface area contributed by atoms with Crippen LogP contribution in [-0.4, -0.2) is 62.5 Å². The first-order chi connectivity index (χ1) is 11.9. The molecular formula is C16H20N4O4S. The van der Waals surface area contributed by atoms with Crippen LogP contribution in [0.4, 0.5) is 10.5 Å². The van der Waals surface area contributed by atoms with Gasteiger partial charge in [0.1, 0.15) is 0 Å². The third-order valence-electron chi connectivity index (χ3n) is 4.50. The Kier molecular flexibility index (Phi) is 4.67. The molecule has 2 aliphatic rings. The normalized spacial score (nSPS) is 20.3. The molecule has 1 unspecified atom stereocenters. The van der Waals surface area contributed by atoms with Crippen molar-refractivity contribution in [3.05, 3.63) is 29.3 Å². The van der Waals surface area contributed by atoms with E-state index in [1.54, 1.807) is 4.90 Å². The lowest BCUT2D eigenvalue weighted by molar-refractivity contribution is -0.131. The van der Waals surface area contributed by atoms with Crippen LogP contribution in [0, 0.1) is 13.8 Å². The van der Waals surface area contributed by atoms with Crippen LogP contribution in [-0.2, 0) is 15.1 Å². The summed E-state index contributed by atoms with van der Waals surface area (Å²) < 4.78 is 22.4. The molecule has 2 fully saturated rings. The number of benzene rings is 1. The Morgan fingerprint density at radius 2 is 1.84 bits per heavy atom. The van der Waals surface area contributed by atoms with Crippen molar-refractivity contribution in [3.8, 4) is 0 Å². The van der Waals surface area contributed by atoms with Gasteiger partial charge in [0.25, 0.3) is 5.91 Å². The van der Waals surface area contributed by atoms with E-state index in [2.05, 4.69) is 40.7 Å². The van der Waals surface area contributed by atoms with Crippen molar-refractivity contribution in [1.29, 1.82) is 0 Å². The molecule has 9 heteroatoms. The first kappa shape index (κ1) is 17.3. The van der Waals surface area contributed by atoms with Gasteiger partial charge in [-0.1, -0.05) is 12.1 Å². The molecule has 0 bridgehead atoms. The maximum absolute atomic E-state index is 12.6. The van der Waals surface area contributed by atoms with E-state index in [1.807, 2.05) is 6.92 Å². The number of amides is 3. The molecule has 1 aromatic rings. The second-order valence-electron chi connectivity index (χ2n) is 6.23. The predicted octanol–water partition coefficient (Wildman–Crippen LogP) is -0.358. The lowest BCUT2D eigenvalue weighted by atomic mass is 10.1. The highest BCUT2D eigenvalue weighted by atomic mass is 32.2. The standard InChI is InChI=1S/C16H20N4O4S/c1-10-3-4-11(2)12(9-10)19-5-7-20(8-6-19)15(21)13-14(25(23)24)18-16(22)17-13/h3-4,9,13H,5-8H2,1-2H3,(H2,17,18,22). The maximum Gasteiger partial charge on any atom is 0.320 e. The van der Waals surface area contributed by atoms with E-state index < -0.39 is 28.3 Å². The van der Waals surface area contributed by atoms with Crippen molar-refractivity contribution in [3.63, 3.8) is 0 Å². The number of hydrogen-bond acceptors (Lipinski definition) is 5. The second kappa shape index (κ2) is 6.75. The van der Waals surface area contributed by atoms with Crippen molar-refractivity contribution in [2.45, 2.75) is 19.9 Å². The topological polar surface area (TPSA) is 98.8 Å². The zero-order valence-electron chi connectivity index (χ0n) is 14.1. The highest BCUT2D eigenvalue weighted by Crippen LogP contribution is 2.23. The van der Waals surface area contributed by atoms with Crippen LogP contribution in [0.3, 0.4) is 0 Å². The number of nitrogens with zero attached hydrogens (tertiary/aromatic N) is 2. The molecule has 134 valence electrons. The summed E-state index contributed by atoms with van der Waals surface area (Å²) in [5.41, 5.74) is 3.50. The summed E-state index contributed by atoms with van der Waals surface area (Å²) in [7, 11) is -2.64. The number of piperazine rings is 1. The molecule has 2 aliphatic heterocycles. The van der Waals surface area contributed by atoms with Crippen molar-refractivity contribution in [2.75, 3.05) is 31.1 Å². The molecule has 8 nitrogen and oxygen atoms in total. The van der Waals surface area contributed by atoms with Gasteiger partial charge in [-0.15, -0.1) is 0 Å². The average molecular weight is 364 g/mol. The van der Waals surface area contributed by atoms with Crippen LogP contribution >= 0.6 is 0 Å². The molecule has 3 amide bonds. The molecule has 0 saturated carbocycles. The van der Waals surface area contributed by atoms with Gasteiger partial charge in [0.05, 0.1) is 0 Å². The first-order valence-electron chi connectivity index (χ1n) is 8.01. The van der Waals surface area contributed by atoms with Crippen LogP contribution in [0.15, 0.2) is 18.2 Å². The summed E-state index contributed by atoms with van der Waals surface area (Å²) in [6.07, 6.45) is 0. The Labute approximate surface area is 147 Å². The lowest BCUT2D eigenvalue weighted by Gasteiger charge is -2.37. The Bertz CT molecular complexity index is 849. The Balaban J connectivity index is 1.70. The molecule has 1 aromatic carbocycles. The van der Waals surface area contributed by atoms with Crippen molar-refractivity contribution >= 4 is 32.9 Å². The third-order valence-corrected chi connectivity index (χ3v) is 5.19. The third kappa shape index (κ3) is 3.46. The van der Waals surface area contributed by atoms with E-state index in [0.29, 0.717) is 26.2 Å². The van der Waals surface area contributed by atoms with Crippen LogP contribution < -0.4 is 15.5 Å². The number of carbonyl (C=O) groups excluding carboxylic acids is 2. The SMILES string of the molecule is Cc1ccc(C)c(N2CCN(C(=O)C3NC(=O)NC3=S(=O)=O)CC2)c1. The van der Waals surface area contributed by atoms with Crippen molar-refractivity contribution in [1.82, 2.24) is 15.5 Å². The molecule has 0 radical (unpaired) electrons. The minimum atomic E-state index is -2.64. The number of hydrogen-bond donors (Lipinski definition) is 2. The summed E-state index contributed by atoms with van der Waals surface area (Å²) in [5.74, 6) is -0.404. The van der Waals surface area contributed by atoms with Crippen molar-refractivity contribution < 1.29 is 18.0 Å². The maximum atomic E-state index is 12.6. The van der Waals surface area contributed by atoms with Crippen LogP contribution in [0.5, 0.6) is 0 Å². The molecule has 2 heterocycles. The summed E-state index contributed by atoms with van der Waals surface area (Å²) in [5, 5.41) is 4.52. The fourth-order valence-electron chi connectivity index (χ4n) is 3.14. The Hall–Kier alpha value is -2.55. The van der Waals surface area contributed by atoms with Crippen LogP contribution in [0.2, 0.25) is 0 Å². The molecular weight excluding hydrogens is 344 g/mol. The van der Waals surface area contributed by atoms with E-state index in [-0.39, 0.29) is 4.99 Å². The predicted molar refractivity (Wildman–Crippen MR) is 94.1 cm³/mol. The monoisotopic (exact) mass is 364 g/mol. The quantitative estimate of drug-likeness (QED) is 0.699. The second-order valence-corrected chi connectivity index (χ2v) is 7.14. The number of urea groups is 1. The van der Waals surface area contributed by atoms with E-state index in [1.165, 1.54) is 11.1 Å². The van der Waals surface area contributed by atoms with Gasteiger partial charge in [-0.3, -0.25) is 10.1 Å². The Morgan fingerprint density at radius 3 is 2.48 bits per heavy atom. The Morgan fingerprint density at radius 1 is 1.16 bits per heavy atom. The van der Waals surface area contributed by atoms with Gasteiger partial charge in [-0.05, 0) is 31.0 Å².